The van der Waals surface area contributed by atoms with Gasteiger partial charge in [-0.2, -0.15) is 10.2 Å². The lowest BCUT2D eigenvalue weighted by Gasteiger charge is -2.28. The molecule has 7 nitrogen and oxygen atoms in total. The Morgan fingerprint density at radius 1 is 0.750 bits per heavy atom. The fourth-order valence-electron chi connectivity index (χ4n) is 4.83. The van der Waals surface area contributed by atoms with Crippen molar-refractivity contribution in [3.63, 3.8) is 0 Å². The zero-order chi connectivity index (χ0) is 25.6. The molecule has 0 saturated carbocycles. The number of hydrogen-bond donors (Lipinski definition) is 1. The van der Waals surface area contributed by atoms with Crippen LogP contribution < -0.4 is 10.0 Å². The maximum atomic E-state index is 13.8. The molecule has 0 unspecified atom stereocenters. The number of amides is 2. The number of nitrogens with zero attached hydrogens (tertiary/aromatic N) is 4. The fourth-order valence-corrected chi connectivity index (χ4v) is 5.36. The van der Waals surface area contributed by atoms with Crippen molar-refractivity contribution in [2.24, 2.45) is 22.0 Å². The fraction of sp³-hybridized carbons (Fsp3) is 0.185. The minimum Gasteiger partial charge on any atom is -0.508 e. The molecule has 0 aliphatic carbocycles. The van der Waals surface area contributed by atoms with Gasteiger partial charge >= 0.3 is 0 Å². The first-order valence-corrected chi connectivity index (χ1v) is 12.9. The Bertz CT molecular complexity index is 1320. The van der Waals surface area contributed by atoms with Crippen LogP contribution in [0.4, 0.5) is 11.4 Å². The summed E-state index contributed by atoms with van der Waals surface area (Å²) >= 11 is 6.84. The molecular weight excluding hydrogens is 588 g/mol. The van der Waals surface area contributed by atoms with Crippen molar-refractivity contribution >= 4 is 66.5 Å². The van der Waals surface area contributed by atoms with Gasteiger partial charge in [-0.25, -0.2) is 10.0 Å². The van der Waals surface area contributed by atoms with Gasteiger partial charge in [-0.1, -0.05) is 44.0 Å². The highest BCUT2D eigenvalue weighted by atomic mass is 79.9. The average Bonchev–Trinajstić information content (AvgIpc) is 3.31. The summed E-state index contributed by atoms with van der Waals surface area (Å²) in [6.45, 7) is 3.60. The summed E-state index contributed by atoms with van der Waals surface area (Å²) < 4.78 is 1.79. The number of benzene rings is 3. The Hall–Kier alpha value is -3.30. The lowest BCUT2D eigenvalue weighted by molar-refractivity contribution is -0.122. The van der Waals surface area contributed by atoms with E-state index in [1.54, 1.807) is 32.0 Å². The van der Waals surface area contributed by atoms with Crippen LogP contribution in [0.2, 0.25) is 0 Å². The van der Waals surface area contributed by atoms with Gasteiger partial charge in [0.2, 0.25) is 0 Å². The van der Waals surface area contributed by atoms with Gasteiger partial charge in [0.15, 0.2) is 0 Å². The van der Waals surface area contributed by atoms with Gasteiger partial charge in [0.05, 0.1) is 23.2 Å². The molecule has 0 saturated heterocycles. The molecule has 5 rings (SSSR count). The van der Waals surface area contributed by atoms with Gasteiger partial charge in [0.1, 0.15) is 5.75 Å². The van der Waals surface area contributed by atoms with Crippen LogP contribution in [0, 0.1) is 11.8 Å². The average molecular weight is 610 g/mol. The second-order valence-corrected chi connectivity index (χ2v) is 10.6. The topological polar surface area (TPSA) is 85.6 Å². The van der Waals surface area contributed by atoms with E-state index in [1.165, 1.54) is 10.0 Å². The number of hydrazone groups is 2. The molecule has 0 radical (unpaired) electrons. The van der Waals surface area contributed by atoms with Crippen LogP contribution in [-0.4, -0.2) is 28.3 Å². The summed E-state index contributed by atoms with van der Waals surface area (Å²) in [7, 11) is 0. The third-order valence-corrected chi connectivity index (χ3v) is 7.54. The molecule has 2 aliphatic heterocycles. The second kappa shape index (κ2) is 9.63. The number of halogens is 2. The van der Waals surface area contributed by atoms with Crippen LogP contribution in [0.25, 0.3) is 0 Å². The Kier molecular flexibility index (Phi) is 6.53. The summed E-state index contributed by atoms with van der Waals surface area (Å²) in [5, 5.41) is 22.2. The molecule has 2 atom stereocenters. The molecule has 0 bridgehead atoms. The van der Waals surface area contributed by atoms with E-state index in [4.69, 9.17) is 0 Å². The van der Waals surface area contributed by atoms with Crippen LogP contribution in [-0.2, 0) is 9.59 Å². The number of phenols is 1. The molecule has 0 spiro atoms. The highest BCUT2D eigenvalue weighted by Gasteiger charge is 2.50. The quantitative estimate of drug-likeness (QED) is 0.380. The number of carbonyl (C=O) groups excluding carboxylic acids is 2. The van der Waals surface area contributed by atoms with Crippen LogP contribution in [0.5, 0.6) is 5.75 Å². The van der Waals surface area contributed by atoms with E-state index in [-0.39, 0.29) is 17.6 Å². The van der Waals surface area contributed by atoms with E-state index in [9.17, 15) is 14.7 Å². The summed E-state index contributed by atoms with van der Waals surface area (Å²) in [4.78, 5) is 27.7. The molecule has 2 aliphatic rings. The Morgan fingerprint density at radius 3 is 1.61 bits per heavy atom. The Balaban J connectivity index is 1.56. The maximum absolute atomic E-state index is 13.8. The molecular formula is C27H22Br2N4O3. The SMILES string of the molecule is CC1=NN(c2ccc(Br)cc2)C(=O)[C@H]1C(c1cccc(O)c1)[C@@H]1C(=O)N(c2ccc(Br)cc2)N=C1C. The molecule has 1 N–H and O–H groups in total. The summed E-state index contributed by atoms with van der Waals surface area (Å²) in [5.41, 5.74) is 3.14. The zero-order valence-electron chi connectivity index (χ0n) is 19.5. The number of hydrogen-bond acceptors (Lipinski definition) is 5. The van der Waals surface area contributed by atoms with E-state index in [1.807, 2.05) is 54.6 Å². The molecule has 0 fully saturated rings. The molecule has 0 aromatic heterocycles. The molecule has 36 heavy (non-hydrogen) atoms. The highest BCUT2D eigenvalue weighted by molar-refractivity contribution is 9.10. The van der Waals surface area contributed by atoms with Crippen molar-refractivity contribution in [1.29, 1.82) is 0 Å². The third-order valence-electron chi connectivity index (χ3n) is 6.48. The van der Waals surface area contributed by atoms with Crippen molar-refractivity contribution in [3.05, 3.63) is 87.3 Å². The van der Waals surface area contributed by atoms with Crippen molar-refractivity contribution < 1.29 is 14.7 Å². The minimum atomic E-state index is -0.709. The van der Waals surface area contributed by atoms with E-state index < -0.39 is 17.8 Å². The highest BCUT2D eigenvalue weighted by Crippen LogP contribution is 2.43. The first-order chi connectivity index (χ1) is 17.2. The Labute approximate surface area is 225 Å². The van der Waals surface area contributed by atoms with Gasteiger partial charge in [0.25, 0.3) is 11.8 Å². The zero-order valence-corrected chi connectivity index (χ0v) is 22.6. The molecule has 9 heteroatoms. The number of rotatable bonds is 5. The van der Waals surface area contributed by atoms with E-state index in [2.05, 4.69) is 42.1 Å². The van der Waals surface area contributed by atoms with Gasteiger partial charge < -0.3 is 5.11 Å². The number of phenolic OH excluding ortho intramolecular Hbond substituents is 1. The van der Waals surface area contributed by atoms with Crippen molar-refractivity contribution in [1.82, 2.24) is 0 Å². The largest absolute Gasteiger partial charge is 0.508 e. The predicted octanol–water partition coefficient (Wildman–Crippen LogP) is 6.08. The first kappa shape index (κ1) is 24.4. The Morgan fingerprint density at radius 2 is 1.19 bits per heavy atom. The van der Waals surface area contributed by atoms with Gasteiger partial charge in [-0.05, 0) is 80.1 Å². The second-order valence-electron chi connectivity index (χ2n) is 8.81. The van der Waals surface area contributed by atoms with Crippen molar-refractivity contribution in [3.8, 4) is 5.75 Å². The lowest BCUT2D eigenvalue weighted by atomic mass is 9.73. The van der Waals surface area contributed by atoms with Crippen LogP contribution in [0.3, 0.4) is 0 Å². The molecule has 3 aromatic carbocycles. The van der Waals surface area contributed by atoms with Gasteiger partial charge in [-0.3, -0.25) is 9.59 Å². The minimum absolute atomic E-state index is 0.0621. The summed E-state index contributed by atoms with van der Waals surface area (Å²) in [5.74, 6) is -2.42. The maximum Gasteiger partial charge on any atom is 0.256 e. The first-order valence-electron chi connectivity index (χ1n) is 11.3. The number of carbonyl (C=O) groups is 2. The smallest absolute Gasteiger partial charge is 0.256 e. The third kappa shape index (κ3) is 4.37. The van der Waals surface area contributed by atoms with Gasteiger partial charge in [0, 0.05) is 26.3 Å². The van der Waals surface area contributed by atoms with Crippen LogP contribution >= 0.6 is 31.9 Å². The van der Waals surface area contributed by atoms with Crippen molar-refractivity contribution in [2.45, 2.75) is 19.8 Å². The molecule has 3 aromatic rings. The normalized spacial score (nSPS) is 19.8. The van der Waals surface area contributed by atoms with Crippen molar-refractivity contribution in [2.75, 3.05) is 10.0 Å². The number of anilines is 2. The predicted molar refractivity (Wildman–Crippen MR) is 147 cm³/mol. The van der Waals surface area contributed by atoms with Gasteiger partial charge in [-0.15, -0.1) is 0 Å². The van der Waals surface area contributed by atoms with E-state index in [0.29, 0.717) is 28.4 Å². The van der Waals surface area contributed by atoms with Crippen LogP contribution in [0.15, 0.2) is 91.9 Å². The monoisotopic (exact) mass is 608 g/mol. The molecule has 2 heterocycles. The van der Waals surface area contributed by atoms with Crippen LogP contribution in [0.1, 0.15) is 25.3 Å². The molecule has 182 valence electrons. The lowest BCUT2D eigenvalue weighted by Crippen LogP contribution is -2.40. The standard InChI is InChI=1S/C27H22Br2N4O3/c1-15-23(26(35)32(30-15)20-10-6-18(28)7-11-20)25(17-4-3-5-22(34)14-17)24-16(2)31-33(27(24)36)21-12-8-19(29)9-13-21/h3-14,23-25,34H,1-2H3/t23-,24-/m1/s1. The number of aromatic hydroxyl groups is 1. The molecule has 2 amide bonds. The summed E-state index contributed by atoms with van der Waals surface area (Å²) in [6.07, 6.45) is 0. The summed E-state index contributed by atoms with van der Waals surface area (Å²) in [6, 6.07) is 21.4. The van der Waals surface area contributed by atoms with E-state index >= 15 is 0 Å². The van der Waals surface area contributed by atoms with E-state index in [0.717, 1.165) is 8.95 Å².